The van der Waals surface area contributed by atoms with Crippen LogP contribution in [0.3, 0.4) is 0 Å². The molecule has 0 saturated carbocycles. The average molecular weight is 351 g/mol. The Kier molecular flexibility index (Phi) is 5.80. The maximum absolute atomic E-state index is 12.5. The molecule has 23 heavy (non-hydrogen) atoms. The second-order valence-corrected chi connectivity index (χ2v) is 7.27. The van der Waals surface area contributed by atoms with Crippen molar-refractivity contribution in [1.82, 2.24) is 4.72 Å². The smallest absolute Gasteiger partial charge is 0.263 e. The summed E-state index contributed by atoms with van der Waals surface area (Å²) in [6.45, 7) is 4.43. The van der Waals surface area contributed by atoms with E-state index in [1.807, 2.05) is 13.8 Å². The predicted molar refractivity (Wildman–Crippen MR) is 94.6 cm³/mol. The number of hydrogen-bond acceptors (Lipinski definition) is 3. The molecule has 0 amide bonds. The summed E-state index contributed by atoms with van der Waals surface area (Å²) in [7, 11) is -3.68. The third-order valence-electron chi connectivity index (χ3n) is 3.17. The van der Waals surface area contributed by atoms with E-state index in [1.54, 1.807) is 48.5 Å². The highest BCUT2D eigenvalue weighted by atomic mass is 35.5. The first kappa shape index (κ1) is 17.5. The molecule has 0 aliphatic carbocycles. The first-order chi connectivity index (χ1) is 10.9. The van der Waals surface area contributed by atoms with E-state index in [9.17, 15) is 8.42 Å². The summed E-state index contributed by atoms with van der Waals surface area (Å²) in [6.07, 6.45) is 0.823. The van der Waals surface area contributed by atoms with E-state index in [1.165, 1.54) is 0 Å². The van der Waals surface area contributed by atoms with E-state index in [4.69, 9.17) is 11.6 Å². The minimum atomic E-state index is -3.68. The van der Waals surface area contributed by atoms with Gasteiger partial charge in [0.05, 0.1) is 4.90 Å². The molecule has 2 aromatic rings. The van der Waals surface area contributed by atoms with Gasteiger partial charge in [-0.15, -0.1) is 0 Å². The van der Waals surface area contributed by atoms with Gasteiger partial charge in [0.25, 0.3) is 10.0 Å². The van der Waals surface area contributed by atoms with E-state index in [2.05, 4.69) is 9.71 Å². The lowest BCUT2D eigenvalue weighted by atomic mass is 10.2. The van der Waals surface area contributed by atoms with Crippen LogP contribution in [0.25, 0.3) is 0 Å². The summed E-state index contributed by atoms with van der Waals surface area (Å²) >= 11 is 5.89. The summed E-state index contributed by atoms with van der Waals surface area (Å²) in [5, 5.41) is 0.588. The first-order valence-corrected chi connectivity index (χ1v) is 9.18. The van der Waals surface area contributed by atoms with Gasteiger partial charge in [-0.1, -0.05) is 36.2 Å². The molecule has 6 heteroatoms. The number of amidine groups is 1. The lowest BCUT2D eigenvalue weighted by Gasteiger charge is -2.12. The van der Waals surface area contributed by atoms with Crippen LogP contribution in [0.15, 0.2) is 58.4 Å². The van der Waals surface area contributed by atoms with Gasteiger partial charge >= 0.3 is 0 Å². The van der Waals surface area contributed by atoms with Crippen LogP contribution in [0.2, 0.25) is 5.02 Å². The molecular weight excluding hydrogens is 332 g/mol. The fourth-order valence-corrected chi connectivity index (χ4v) is 3.09. The van der Waals surface area contributed by atoms with Gasteiger partial charge in [0.1, 0.15) is 5.84 Å². The van der Waals surface area contributed by atoms with Crippen molar-refractivity contribution in [2.24, 2.45) is 4.99 Å². The minimum absolute atomic E-state index is 0.210. The van der Waals surface area contributed by atoms with Gasteiger partial charge in [-0.25, -0.2) is 8.42 Å². The highest BCUT2D eigenvalue weighted by molar-refractivity contribution is 7.90. The highest BCUT2D eigenvalue weighted by Crippen LogP contribution is 2.13. The summed E-state index contributed by atoms with van der Waals surface area (Å²) < 4.78 is 27.7. The van der Waals surface area contributed by atoms with Crippen LogP contribution in [0.5, 0.6) is 0 Å². The summed E-state index contributed by atoms with van der Waals surface area (Å²) in [5.41, 5.74) is 1.68. The summed E-state index contributed by atoms with van der Waals surface area (Å²) in [4.78, 5) is 4.56. The van der Waals surface area contributed by atoms with Crippen molar-refractivity contribution < 1.29 is 8.42 Å². The molecule has 122 valence electrons. The van der Waals surface area contributed by atoms with Crippen molar-refractivity contribution in [3.05, 3.63) is 64.7 Å². The Hall–Kier alpha value is -1.85. The van der Waals surface area contributed by atoms with E-state index in [0.717, 1.165) is 12.0 Å². The monoisotopic (exact) mass is 350 g/mol. The van der Waals surface area contributed by atoms with Crippen LogP contribution >= 0.6 is 11.6 Å². The Morgan fingerprint density at radius 1 is 1.09 bits per heavy atom. The van der Waals surface area contributed by atoms with Crippen LogP contribution in [-0.2, 0) is 10.0 Å². The van der Waals surface area contributed by atoms with E-state index >= 15 is 0 Å². The Balaban J connectivity index is 2.33. The molecule has 1 N–H and O–H groups in total. The molecule has 0 radical (unpaired) electrons. The van der Waals surface area contributed by atoms with Gasteiger partial charge in [0.15, 0.2) is 0 Å². The molecule has 0 aliphatic rings. The van der Waals surface area contributed by atoms with Crippen molar-refractivity contribution in [2.75, 3.05) is 6.54 Å². The Labute approximate surface area is 142 Å². The van der Waals surface area contributed by atoms with Crippen LogP contribution in [0, 0.1) is 6.92 Å². The van der Waals surface area contributed by atoms with Crippen molar-refractivity contribution in [3.63, 3.8) is 0 Å². The van der Waals surface area contributed by atoms with Crippen molar-refractivity contribution >= 4 is 27.5 Å². The molecule has 2 rings (SSSR count). The van der Waals surface area contributed by atoms with Gasteiger partial charge < -0.3 is 0 Å². The molecule has 2 aromatic carbocycles. The maximum atomic E-state index is 12.5. The van der Waals surface area contributed by atoms with Gasteiger partial charge in [-0.2, -0.15) is 0 Å². The number of benzene rings is 2. The molecule has 0 atom stereocenters. The molecule has 0 unspecified atom stereocenters. The van der Waals surface area contributed by atoms with Gasteiger partial charge in [-0.3, -0.25) is 9.71 Å². The Bertz CT molecular complexity index is 782. The van der Waals surface area contributed by atoms with Gasteiger partial charge in [0, 0.05) is 17.1 Å². The average Bonchev–Trinajstić information content (AvgIpc) is 2.52. The number of rotatable bonds is 5. The third kappa shape index (κ3) is 4.81. The number of halogens is 1. The number of nitrogens with zero attached hydrogens (tertiary/aromatic N) is 1. The van der Waals surface area contributed by atoms with E-state index in [0.29, 0.717) is 23.0 Å². The van der Waals surface area contributed by atoms with Crippen LogP contribution in [-0.4, -0.2) is 20.8 Å². The standard InChI is InChI=1S/C17H19ClN2O2S/c1-3-12-19-17(14-6-8-15(18)9-7-14)20-23(21,22)16-10-4-13(2)5-11-16/h4-11H,3,12H2,1-2H3,(H,19,20). The predicted octanol–water partition coefficient (Wildman–Crippen LogP) is 3.78. The molecule has 0 aliphatic heterocycles. The Morgan fingerprint density at radius 2 is 1.70 bits per heavy atom. The molecule has 4 nitrogen and oxygen atoms in total. The van der Waals surface area contributed by atoms with Crippen LogP contribution < -0.4 is 4.72 Å². The zero-order valence-electron chi connectivity index (χ0n) is 13.1. The number of sulfonamides is 1. The second kappa shape index (κ2) is 7.62. The highest BCUT2D eigenvalue weighted by Gasteiger charge is 2.17. The van der Waals surface area contributed by atoms with Crippen molar-refractivity contribution in [1.29, 1.82) is 0 Å². The zero-order valence-corrected chi connectivity index (χ0v) is 14.7. The molecule has 0 saturated heterocycles. The number of hydrogen-bond donors (Lipinski definition) is 1. The maximum Gasteiger partial charge on any atom is 0.263 e. The largest absolute Gasteiger partial charge is 0.267 e. The lowest BCUT2D eigenvalue weighted by Crippen LogP contribution is -2.31. The number of aliphatic imine (C=N–C) groups is 1. The fraction of sp³-hybridized carbons (Fsp3) is 0.235. The SMILES string of the molecule is CCCN=C(NS(=O)(=O)c1ccc(C)cc1)c1ccc(Cl)cc1. The summed E-state index contributed by atoms with van der Waals surface area (Å²) in [5.74, 6) is 0.323. The van der Waals surface area contributed by atoms with Crippen LogP contribution in [0.1, 0.15) is 24.5 Å². The summed E-state index contributed by atoms with van der Waals surface area (Å²) in [6, 6.07) is 13.6. The molecule has 0 spiro atoms. The quantitative estimate of drug-likeness (QED) is 0.659. The molecule has 0 fully saturated rings. The van der Waals surface area contributed by atoms with Crippen molar-refractivity contribution in [2.45, 2.75) is 25.2 Å². The molecule has 0 bridgehead atoms. The number of aryl methyl sites for hydroxylation is 1. The topological polar surface area (TPSA) is 58.5 Å². The Morgan fingerprint density at radius 3 is 2.26 bits per heavy atom. The fourth-order valence-electron chi connectivity index (χ4n) is 1.92. The van der Waals surface area contributed by atoms with Crippen molar-refractivity contribution in [3.8, 4) is 0 Å². The first-order valence-electron chi connectivity index (χ1n) is 7.32. The lowest BCUT2D eigenvalue weighted by molar-refractivity contribution is 0.592. The van der Waals surface area contributed by atoms with Gasteiger partial charge in [0.2, 0.25) is 0 Å². The second-order valence-electron chi connectivity index (χ2n) is 5.16. The molecule has 0 heterocycles. The minimum Gasteiger partial charge on any atom is -0.267 e. The zero-order chi connectivity index (χ0) is 16.9. The van der Waals surface area contributed by atoms with E-state index in [-0.39, 0.29) is 4.90 Å². The van der Waals surface area contributed by atoms with E-state index < -0.39 is 10.0 Å². The normalized spacial score (nSPS) is 12.2. The molecular formula is C17H19ClN2O2S. The number of nitrogens with one attached hydrogen (secondary N) is 1. The van der Waals surface area contributed by atoms with Gasteiger partial charge in [-0.05, 0) is 49.7 Å². The molecule has 0 aromatic heterocycles. The van der Waals surface area contributed by atoms with Crippen LogP contribution in [0.4, 0.5) is 0 Å². The third-order valence-corrected chi connectivity index (χ3v) is 4.78.